The van der Waals surface area contributed by atoms with Crippen LogP contribution in [0.1, 0.15) is 10.6 Å². The maximum absolute atomic E-state index is 13.8. The van der Waals surface area contributed by atoms with Crippen molar-refractivity contribution >= 4 is 22.8 Å². The van der Waals surface area contributed by atoms with E-state index in [2.05, 4.69) is 4.99 Å². The molecule has 0 bridgehead atoms. The maximum Gasteiger partial charge on any atom is 0.295 e. The first-order valence-corrected chi connectivity index (χ1v) is 7.56. The van der Waals surface area contributed by atoms with Crippen LogP contribution < -0.4 is 0 Å². The van der Waals surface area contributed by atoms with Crippen molar-refractivity contribution in [2.45, 2.75) is 0 Å². The summed E-state index contributed by atoms with van der Waals surface area (Å²) in [6.45, 7) is 0.383. The summed E-state index contributed by atoms with van der Waals surface area (Å²) in [7, 11) is 0. The lowest BCUT2D eigenvalue weighted by Gasteiger charge is -2.12. The minimum Gasteiger partial charge on any atom is -0.451 e. The standard InChI is InChI=1S/C15H9F2N3O2S/c16-9-2-1-3-10(17)13(9)11-4-5-12(22-11)14(21)20-6-7-23-15(20)19-8-18/h1-5H,6-7H2. The number of hydrogen-bond donors (Lipinski definition) is 0. The van der Waals surface area contributed by atoms with Crippen LogP contribution in [0.3, 0.4) is 0 Å². The van der Waals surface area contributed by atoms with Crippen LogP contribution in [0.25, 0.3) is 11.3 Å². The Balaban J connectivity index is 1.92. The van der Waals surface area contributed by atoms with Crippen molar-refractivity contribution in [2.24, 2.45) is 4.99 Å². The average molecular weight is 333 g/mol. The normalized spacial score (nSPS) is 15.9. The van der Waals surface area contributed by atoms with E-state index in [9.17, 15) is 13.6 Å². The number of rotatable bonds is 2. The molecule has 8 heteroatoms. The van der Waals surface area contributed by atoms with E-state index in [0.29, 0.717) is 12.3 Å². The van der Waals surface area contributed by atoms with Crippen molar-refractivity contribution in [1.82, 2.24) is 4.90 Å². The van der Waals surface area contributed by atoms with Crippen LogP contribution in [-0.4, -0.2) is 28.3 Å². The van der Waals surface area contributed by atoms with Crippen LogP contribution in [0.15, 0.2) is 39.7 Å². The van der Waals surface area contributed by atoms with E-state index < -0.39 is 17.5 Å². The van der Waals surface area contributed by atoms with Gasteiger partial charge in [0.15, 0.2) is 10.9 Å². The van der Waals surface area contributed by atoms with Crippen LogP contribution in [0.5, 0.6) is 0 Å². The second-order valence-corrected chi connectivity index (χ2v) is 5.62. The number of aliphatic imine (C=N–C) groups is 1. The van der Waals surface area contributed by atoms with Crippen LogP contribution in [-0.2, 0) is 0 Å². The van der Waals surface area contributed by atoms with Gasteiger partial charge in [-0.1, -0.05) is 17.8 Å². The summed E-state index contributed by atoms with van der Waals surface area (Å²) in [5, 5.41) is 8.90. The minimum atomic E-state index is -0.776. The third kappa shape index (κ3) is 2.83. The number of carbonyl (C=O) groups excluding carboxylic acids is 1. The quantitative estimate of drug-likeness (QED) is 0.791. The third-order valence-electron chi connectivity index (χ3n) is 3.19. The molecule has 0 spiro atoms. The molecule has 2 aromatic rings. The Labute approximate surface area is 134 Å². The van der Waals surface area contributed by atoms with Gasteiger partial charge in [0.05, 0.1) is 5.56 Å². The van der Waals surface area contributed by atoms with Crippen molar-refractivity contribution in [3.05, 3.63) is 47.7 Å². The average Bonchev–Trinajstić information content (AvgIpc) is 3.16. The number of amides is 1. The molecule has 2 heterocycles. The Kier molecular flexibility index (Phi) is 4.12. The largest absolute Gasteiger partial charge is 0.451 e. The molecule has 1 aliphatic rings. The molecule has 1 amide bonds. The summed E-state index contributed by atoms with van der Waals surface area (Å²) in [6.07, 6.45) is 1.64. The molecule has 1 saturated heterocycles. The van der Waals surface area contributed by atoms with Crippen LogP contribution in [0.2, 0.25) is 0 Å². The smallest absolute Gasteiger partial charge is 0.295 e. The highest BCUT2D eigenvalue weighted by atomic mass is 32.2. The van der Waals surface area contributed by atoms with Gasteiger partial charge in [-0.15, -0.1) is 4.99 Å². The van der Waals surface area contributed by atoms with Crippen LogP contribution in [0.4, 0.5) is 8.78 Å². The second kappa shape index (κ2) is 6.22. The molecule has 0 aliphatic carbocycles. The first-order valence-electron chi connectivity index (χ1n) is 6.57. The topological polar surface area (TPSA) is 69.6 Å². The van der Waals surface area contributed by atoms with Gasteiger partial charge in [0.2, 0.25) is 6.19 Å². The molecule has 0 atom stereocenters. The van der Waals surface area contributed by atoms with Gasteiger partial charge in [-0.2, -0.15) is 5.26 Å². The fourth-order valence-corrected chi connectivity index (χ4v) is 3.07. The SMILES string of the molecule is N#CN=C1SCCN1C(=O)c1ccc(-c2c(F)cccc2F)o1. The number of carbonyl (C=O) groups is 1. The number of furan rings is 1. The molecule has 1 fully saturated rings. The Morgan fingerprint density at radius 2 is 2.04 bits per heavy atom. The molecule has 116 valence electrons. The molecule has 5 nitrogen and oxygen atoms in total. The van der Waals surface area contributed by atoms with Crippen molar-refractivity contribution in [2.75, 3.05) is 12.3 Å². The number of hydrogen-bond acceptors (Lipinski definition) is 5. The molecular weight excluding hydrogens is 324 g/mol. The maximum atomic E-state index is 13.8. The van der Waals surface area contributed by atoms with Gasteiger partial charge in [0, 0.05) is 12.3 Å². The Morgan fingerprint density at radius 3 is 2.74 bits per heavy atom. The fraction of sp³-hybridized carbons (Fsp3) is 0.133. The van der Waals surface area contributed by atoms with E-state index in [-0.39, 0.29) is 22.3 Å². The summed E-state index contributed by atoms with van der Waals surface area (Å²) in [6, 6.07) is 6.14. The van der Waals surface area contributed by atoms with E-state index in [4.69, 9.17) is 9.68 Å². The lowest BCUT2D eigenvalue weighted by Crippen LogP contribution is -2.31. The van der Waals surface area contributed by atoms with Gasteiger partial charge in [-0.25, -0.2) is 8.78 Å². The highest BCUT2D eigenvalue weighted by molar-refractivity contribution is 8.14. The highest BCUT2D eigenvalue weighted by Gasteiger charge is 2.29. The van der Waals surface area contributed by atoms with E-state index >= 15 is 0 Å². The zero-order valence-corrected chi connectivity index (χ0v) is 12.4. The molecule has 23 heavy (non-hydrogen) atoms. The molecule has 0 radical (unpaired) electrons. The van der Waals surface area contributed by atoms with E-state index in [1.165, 1.54) is 34.9 Å². The monoisotopic (exact) mass is 333 g/mol. The molecule has 1 aromatic carbocycles. The first kappa shape index (κ1) is 15.2. The number of nitrogens with zero attached hydrogens (tertiary/aromatic N) is 3. The molecule has 0 N–H and O–H groups in total. The lowest BCUT2D eigenvalue weighted by atomic mass is 10.1. The van der Waals surface area contributed by atoms with Crippen LogP contribution in [0, 0.1) is 23.1 Å². The number of amidine groups is 1. The van der Waals surface area contributed by atoms with Crippen molar-refractivity contribution in [3.63, 3.8) is 0 Å². The Hall–Kier alpha value is -2.66. The van der Waals surface area contributed by atoms with Gasteiger partial charge in [-0.05, 0) is 24.3 Å². The number of benzene rings is 1. The number of nitriles is 1. The fourth-order valence-electron chi connectivity index (χ4n) is 2.18. The number of halogens is 2. The summed E-state index contributed by atoms with van der Waals surface area (Å²) in [4.78, 5) is 17.3. The van der Waals surface area contributed by atoms with Gasteiger partial charge in [0.1, 0.15) is 17.4 Å². The molecule has 3 rings (SSSR count). The van der Waals surface area contributed by atoms with Crippen molar-refractivity contribution < 1.29 is 18.0 Å². The zero-order chi connectivity index (χ0) is 16.4. The summed E-state index contributed by atoms with van der Waals surface area (Å²) >= 11 is 1.28. The van der Waals surface area contributed by atoms with E-state index in [0.717, 1.165) is 12.1 Å². The van der Waals surface area contributed by atoms with E-state index in [1.54, 1.807) is 6.19 Å². The predicted molar refractivity (Wildman–Crippen MR) is 80.6 cm³/mol. The molecule has 1 aliphatic heterocycles. The zero-order valence-electron chi connectivity index (χ0n) is 11.6. The summed E-state index contributed by atoms with van der Waals surface area (Å²) in [5.41, 5.74) is -0.326. The number of thioether (sulfide) groups is 1. The molecule has 1 aromatic heterocycles. The molecule has 0 saturated carbocycles. The lowest BCUT2D eigenvalue weighted by molar-refractivity contribution is 0.0830. The van der Waals surface area contributed by atoms with Crippen LogP contribution >= 0.6 is 11.8 Å². The Morgan fingerprint density at radius 1 is 1.30 bits per heavy atom. The van der Waals surface area contributed by atoms with E-state index in [1.807, 2.05) is 0 Å². The first-order chi connectivity index (χ1) is 11.1. The summed E-state index contributed by atoms with van der Waals surface area (Å²) in [5.74, 6) is -1.59. The van der Waals surface area contributed by atoms with Gasteiger partial charge in [-0.3, -0.25) is 9.69 Å². The minimum absolute atomic E-state index is 0.0733. The van der Waals surface area contributed by atoms with Crippen molar-refractivity contribution in [1.29, 1.82) is 5.26 Å². The second-order valence-electron chi connectivity index (χ2n) is 4.56. The van der Waals surface area contributed by atoms with Gasteiger partial charge < -0.3 is 4.42 Å². The summed E-state index contributed by atoms with van der Waals surface area (Å²) < 4.78 is 32.8. The Bertz CT molecular complexity index is 821. The molecular formula is C15H9F2N3O2S. The third-order valence-corrected chi connectivity index (χ3v) is 4.15. The van der Waals surface area contributed by atoms with Gasteiger partial charge >= 0.3 is 0 Å². The highest BCUT2D eigenvalue weighted by Crippen LogP contribution is 2.29. The molecule has 0 unspecified atom stereocenters. The van der Waals surface area contributed by atoms with Gasteiger partial charge in [0.25, 0.3) is 5.91 Å². The van der Waals surface area contributed by atoms with Crippen molar-refractivity contribution in [3.8, 4) is 17.5 Å². The predicted octanol–water partition coefficient (Wildman–Crippen LogP) is 3.25.